The number of aryl methyl sites for hydroxylation is 1. The lowest BCUT2D eigenvalue weighted by molar-refractivity contribution is -0.116. The maximum Gasteiger partial charge on any atom is 0.223 e. The molecule has 2 nitrogen and oxygen atoms in total. The molecule has 1 aliphatic rings. The average molecular weight is 301 g/mol. The molecule has 0 unspecified atom stereocenters. The van der Waals surface area contributed by atoms with E-state index in [4.69, 9.17) is 0 Å². The highest BCUT2D eigenvalue weighted by Gasteiger charge is 2.22. The van der Waals surface area contributed by atoms with Gasteiger partial charge < -0.3 is 4.90 Å². The highest BCUT2D eigenvalue weighted by atomic mass is 127. The predicted molar refractivity (Wildman–Crippen MR) is 65.6 cm³/mol. The topological polar surface area (TPSA) is 20.3 Å². The van der Waals surface area contributed by atoms with Crippen LogP contribution in [0.5, 0.6) is 0 Å². The molecule has 74 valence electrons. The van der Waals surface area contributed by atoms with Crippen molar-refractivity contribution in [2.24, 2.45) is 0 Å². The van der Waals surface area contributed by atoms with Gasteiger partial charge in [0, 0.05) is 22.7 Å². The van der Waals surface area contributed by atoms with E-state index in [0.717, 1.165) is 18.7 Å². The number of nitrogens with zero attached hydrogens (tertiary/aromatic N) is 1. The first kappa shape index (κ1) is 9.96. The van der Waals surface area contributed by atoms with E-state index in [9.17, 15) is 4.79 Å². The van der Waals surface area contributed by atoms with Gasteiger partial charge in [-0.1, -0.05) is 0 Å². The number of rotatable bonds is 0. The summed E-state index contributed by atoms with van der Waals surface area (Å²) in [7, 11) is 0. The number of amides is 1. The summed E-state index contributed by atoms with van der Waals surface area (Å²) in [5, 5.41) is 0. The second kappa shape index (κ2) is 3.53. The van der Waals surface area contributed by atoms with E-state index in [-0.39, 0.29) is 5.91 Å². The van der Waals surface area contributed by atoms with Gasteiger partial charge in [-0.15, -0.1) is 0 Å². The molecule has 0 spiro atoms. The van der Waals surface area contributed by atoms with Crippen LogP contribution >= 0.6 is 22.6 Å². The minimum atomic E-state index is 0.143. The fourth-order valence-corrected chi connectivity index (χ4v) is 2.37. The molecule has 0 bridgehead atoms. The molecule has 0 saturated carbocycles. The molecule has 0 radical (unpaired) electrons. The van der Waals surface area contributed by atoms with Crippen LogP contribution in [0.3, 0.4) is 0 Å². The lowest BCUT2D eigenvalue weighted by Gasteiger charge is -2.15. The Balaban J connectivity index is 2.50. The zero-order valence-electron chi connectivity index (χ0n) is 8.30. The Hall–Kier alpha value is -0.580. The van der Waals surface area contributed by atoms with Crippen molar-refractivity contribution in [2.75, 3.05) is 11.4 Å². The highest BCUT2D eigenvalue weighted by Crippen LogP contribution is 2.31. The summed E-state index contributed by atoms with van der Waals surface area (Å²) in [5.41, 5.74) is 3.66. The fourth-order valence-electron chi connectivity index (χ4n) is 1.84. The molecule has 0 N–H and O–H groups in total. The van der Waals surface area contributed by atoms with Crippen molar-refractivity contribution in [3.8, 4) is 0 Å². The van der Waals surface area contributed by atoms with Gasteiger partial charge in [0.15, 0.2) is 0 Å². The summed E-state index contributed by atoms with van der Waals surface area (Å²) >= 11 is 2.34. The predicted octanol–water partition coefficient (Wildman–Crippen LogP) is 2.51. The molecule has 1 heterocycles. The van der Waals surface area contributed by atoms with Gasteiger partial charge >= 0.3 is 0 Å². The SMILES string of the molecule is CC(=O)N1CCc2cc(I)c(C)cc21. The Labute approximate surface area is 97.4 Å². The second-order valence-electron chi connectivity index (χ2n) is 3.65. The summed E-state index contributed by atoms with van der Waals surface area (Å²) in [6.07, 6.45) is 0.991. The van der Waals surface area contributed by atoms with Crippen LogP contribution in [0, 0.1) is 10.5 Å². The van der Waals surface area contributed by atoms with Crippen molar-refractivity contribution < 1.29 is 4.79 Å². The summed E-state index contributed by atoms with van der Waals surface area (Å²) in [4.78, 5) is 13.2. The van der Waals surface area contributed by atoms with Crippen LogP contribution in [0.2, 0.25) is 0 Å². The van der Waals surface area contributed by atoms with Gasteiger partial charge in [-0.25, -0.2) is 0 Å². The van der Waals surface area contributed by atoms with Gasteiger partial charge in [-0.2, -0.15) is 0 Å². The lowest BCUT2D eigenvalue weighted by Crippen LogP contribution is -2.25. The van der Waals surface area contributed by atoms with Crippen LogP contribution in [0.1, 0.15) is 18.1 Å². The summed E-state index contributed by atoms with van der Waals surface area (Å²) in [5.74, 6) is 0.143. The molecule has 3 heteroatoms. The molecular weight excluding hydrogens is 289 g/mol. The molecule has 1 aromatic carbocycles. The fraction of sp³-hybridized carbons (Fsp3) is 0.364. The smallest absolute Gasteiger partial charge is 0.223 e. The normalized spacial score (nSPS) is 14.4. The van der Waals surface area contributed by atoms with E-state index < -0.39 is 0 Å². The number of hydrogen-bond donors (Lipinski definition) is 0. The van der Waals surface area contributed by atoms with Crippen LogP contribution < -0.4 is 4.90 Å². The Morgan fingerprint density at radius 3 is 2.86 bits per heavy atom. The quantitative estimate of drug-likeness (QED) is 0.674. The number of carbonyl (C=O) groups is 1. The zero-order chi connectivity index (χ0) is 10.3. The van der Waals surface area contributed by atoms with E-state index >= 15 is 0 Å². The van der Waals surface area contributed by atoms with Gasteiger partial charge in [-0.05, 0) is 59.2 Å². The third kappa shape index (κ3) is 1.54. The first-order valence-electron chi connectivity index (χ1n) is 4.66. The van der Waals surface area contributed by atoms with Gasteiger partial charge in [-0.3, -0.25) is 4.79 Å². The molecule has 1 aromatic rings. The minimum absolute atomic E-state index is 0.143. The third-order valence-corrected chi connectivity index (χ3v) is 3.80. The molecule has 1 aliphatic heterocycles. The maximum absolute atomic E-state index is 11.3. The first-order chi connectivity index (χ1) is 6.59. The van der Waals surface area contributed by atoms with Gasteiger partial charge in [0.2, 0.25) is 5.91 Å². The largest absolute Gasteiger partial charge is 0.312 e. The monoisotopic (exact) mass is 301 g/mol. The Morgan fingerprint density at radius 2 is 2.21 bits per heavy atom. The average Bonchev–Trinajstić information content (AvgIpc) is 2.48. The first-order valence-corrected chi connectivity index (χ1v) is 5.74. The Kier molecular flexibility index (Phi) is 2.51. The molecule has 1 amide bonds. The van der Waals surface area contributed by atoms with Crippen LogP contribution in [0.4, 0.5) is 5.69 Å². The third-order valence-electron chi connectivity index (χ3n) is 2.64. The summed E-state index contributed by atoms with van der Waals surface area (Å²) < 4.78 is 1.28. The van der Waals surface area contributed by atoms with Gasteiger partial charge in [0.25, 0.3) is 0 Å². The van der Waals surface area contributed by atoms with E-state index in [2.05, 4.69) is 41.6 Å². The van der Waals surface area contributed by atoms with Crippen molar-refractivity contribution in [1.82, 2.24) is 0 Å². The van der Waals surface area contributed by atoms with Crippen LogP contribution in [0.15, 0.2) is 12.1 Å². The number of anilines is 1. The number of carbonyl (C=O) groups excluding carboxylic acids is 1. The van der Waals surface area contributed by atoms with Gasteiger partial charge in [0.1, 0.15) is 0 Å². The van der Waals surface area contributed by atoms with Crippen molar-refractivity contribution in [1.29, 1.82) is 0 Å². The number of fused-ring (bicyclic) bond motifs is 1. The lowest BCUT2D eigenvalue weighted by atomic mass is 10.1. The summed E-state index contributed by atoms with van der Waals surface area (Å²) in [6.45, 7) is 4.55. The molecule has 0 fully saturated rings. The molecule has 14 heavy (non-hydrogen) atoms. The highest BCUT2D eigenvalue weighted by molar-refractivity contribution is 14.1. The Morgan fingerprint density at radius 1 is 1.50 bits per heavy atom. The molecule has 0 aromatic heterocycles. The van der Waals surface area contributed by atoms with Crippen LogP contribution in [0.25, 0.3) is 0 Å². The van der Waals surface area contributed by atoms with Crippen molar-refractivity contribution in [3.63, 3.8) is 0 Å². The van der Waals surface area contributed by atoms with E-state index in [0.29, 0.717) is 0 Å². The molecular formula is C11H12INO. The molecule has 0 aliphatic carbocycles. The molecule has 0 atom stereocenters. The zero-order valence-corrected chi connectivity index (χ0v) is 10.5. The number of benzene rings is 1. The minimum Gasteiger partial charge on any atom is -0.312 e. The maximum atomic E-state index is 11.3. The van der Waals surface area contributed by atoms with Crippen molar-refractivity contribution in [3.05, 3.63) is 26.8 Å². The van der Waals surface area contributed by atoms with Crippen molar-refractivity contribution >= 4 is 34.2 Å². The standard InChI is InChI=1S/C11H12INO/c1-7-5-11-9(6-10(7)12)3-4-13(11)8(2)14/h5-6H,3-4H2,1-2H3. The number of hydrogen-bond acceptors (Lipinski definition) is 1. The summed E-state index contributed by atoms with van der Waals surface area (Å²) in [6, 6.07) is 4.31. The van der Waals surface area contributed by atoms with Crippen LogP contribution in [-0.2, 0) is 11.2 Å². The Bertz CT molecular complexity index is 401. The van der Waals surface area contributed by atoms with Gasteiger partial charge in [0.05, 0.1) is 0 Å². The van der Waals surface area contributed by atoms with E-state index in [1.165, 1.54) is 14.7 Å². The number of halogens is 1. The second-order valence-corrected chi connectivity index (χ2v) is 4.81. The van der Waals surface area contributed by atoms with Crippen molar-refractivity contribution in [2.45, 2.75) is 20.3 Å². The van der Waals surface area contributed by atoms with E-state index in [1.54, 1.807) is 6.92 Å². The molecule has 0 saturated heterocycles. The van der Waals surface area contributed by atoms with Crippen LogP contribution in [-0.4, -0.2) is 12.5 Å². The van der Waals surface area contributed by atoms with E-state index in [1.807, 2.05) is 4.90 Å². The molecule has 2 rings (SSSR count).